The van der Waals surface area contributed by atoms with E-state index in [2.05, 4.69) is 39.8 Å². The number of anilines is 1. The van der Waals surface area contributed by atoms with Gasteiger partial charge in [0.25, 0.3) is 0 Å². The van der Waals surface area contributed by atoms with Crippen molar-refractivity contribution in [3.8, 4) is 0 Å². The van der Waals surface area contributed by atoms with Gasteiger partial charge in [-0.1, -0.05) is 43.2 Å². The number of pyridine rings is 1. The van der Waals surface area contributed by atoms with Crippen molar-refractivity contribution < 1.29 is 14.7 Å². The van der Waals surface area contributed by atoms with Crippen molar-refractivity contribution >= 4 is 17.7 Å². The highest BCUT2D eigenvalue weighted by Crippen LogP contribution is 2.35. The van der Waals surface area contributed by atoms with Crippen molar-refractivity contribution in [3.63, 3.8) is 0 Å². The molecule has 3 heterocycles. The van der Waals surface area contributed by atoms with Gasteiger partial charge < -0.3 is 20.6 Å². The number of piperidine rings is 1. The molecule has 0 spiro atoms. The Morgan fingerprint density at radius 2 is 1.97 bits per heavy atom. The second-order valence-electron chi connectivity index (χ2n) is 11.4. The number of rotatable bonds is 10. The predicted octanol–water partition coefficient (Wildman–Crippen LogP) is 5.07. The molecule has 1 amide bonds. The maximum Gasteiger partial charge on any atom is 0.305 e. The second-order valence-corrected chi connectivity index (χ2v) is 11.4. The van der Waals surface area contributed by atoms with Gasteiger partial charge in [0.15, 0.2) is 0 Å². The van der Waals surface area contributed by atoms with Crippen molar-refractivity contribution in [2.45, 2.75) is 82.6 Å². The smallest absolute Gasteiger partial charge is 0.305 e. The van der Waals surface area contributed by atoms with E-state index in [9.17, 15) is 14.7 Å². The molecule has 2 atom stereocenters. The summed E-state index contributed by atoms with van der Waals surface area (Å²) in [4.78, 5) is 32.2. The number of likely N-dealkylation sites (tertiary alicyclic amines) is 1. The Labute approximate surface area is 226 Å². The molecule has 38 heavy (non-hydrogen) atoms. The van der Waals surface area contributed by atoms with Crippen LogP contribution in [0.25, 0.3) is 0 Å². The summed E-state index contributed by atoms with van der Waals surface area (Å²) in [7, 11) is 0. The number of hydrogen-bond acceptors (Lipinski definition) is 5. The van der Waals surface area contributed by atoms with Crippen LogP contribution >= 0.6 is 0 Å². The molecule has 1 aromatic carbocycles. The number of nitrogens with zero attached hydrogens (tertiary/aromatic N) is 2. The van der Waals surface area contributed by atoms with E-state index >= 15 is 0 Å². The van der Waals surface area contributed by atoms with Crippen LogP contribution in [0.15, 0.2) is 36.4 Å². The number of aryl methyl sites for hydroxylation is 2. The minimum absolute atomic E-state index is 0.0188. The SMILES string of the molecule is O=C(O)CC(NC(=O)[C@@H]1CCCN(CCCc2ccc3c(n2)NCCC3)C1)c1cccc(C2CCCC2)c1. The van der Waals surface area contributed by atoms with Gasteiger partial charge in [0.1, 0.15) is 5.82 Å². The summed E-state index contributed by atoms with van der Waals surface area (Å²) >= 11 is 0. The van der Waals surface area contributed by atoms with E-state index in [1.165, 1.54) is 43.2 Å². The Morgan fingerprint density at radius 3 is 2.82 bits per heavy atom. The van der Waals surface area contributed by atoms with Crippen molar-refractivity contribution in [1.29, 1.82) is 0 Å². The summed E-state index contributed by atoms with van der Waals surface area (Å²) in [6, 6.07) is 12.1. The van der Waals surface area contributed by atoms with Crippen LogP contribution in [0.1, 0.15) is 92.1 Å². The molecule has 2 fully saturated rings. The first-order chi connectivity index (χ1) is 18.5. The number of carboxylic acid groups (broad SMARTS) is 1. The van der Waals surface area contributed by atoms with Crippen LogP contribution in [0.2, 0.25) is 0 Å². The minimum Gasteiger partial charge on any atom is -0.481 e. The zero-order chi connectivity index (χ0) is 26.3. The Morgan fingerprint density at radius 1 is 1.11 bits per heavy atom. The second kappa shape index (κ2) is 12.7. The van der Waals surface area contributed by atoms with Crippen LogP contribution < -0.4 is 10.6 Å². The van der Waals surface area contributed by atoms with Gasteiger partial charge in [-0.05, 0) is 93.1 Å². The van der Waals surface area contributed by atoms with Crippen molar-refractivity contribution in [1.82, 2.24) is 15.2 Å². The van der Waals surface area contributed by atoms with Gasteiger partial charge in [-0.2, -0.15) is 0 Å². The number of carboxylic acids is 1. The molecule has 7 heteroatoms. The number of amides is 1. The molecule has 204 valence electrons. The number of benzene rings is 1. The molecule has 1 saturated carbocycles. The molecule has 0 radical (unpaired) electrons. The lowest BCUT2D eigenvalue weighted by molar-refractivity contribution is -0.138. The van der Waals surface area contributed by atoms with Gasteiger partial charge in [0.05, 0.1) is 18.4 Å². The fraction of sp³-hybridized carbons (Fsp3) is 0.581. The fourth-order valence-corrected chi connectivity index (χ4v) is 6.47. The number of aliphatic carboxylic acids is 1. The highest BCUT2D eigenvalue weighted by molar-refractivity contribution is 5.80. The summed E-state index contributed by atoms with van der Waals surface area (Å²) < 4.78 is 0. The van der Waals surface area contributed by atoms with E-state index in [-0.39, 0.29) is 18.2 Å². The third-order valence-electron chi connectivity index (χ3n) is 8.57. The Kier molecular flexibility index (Phi) is 8.94. The van der Waals surface area contributed by atoms with Gasteiger partial charge in [-0.25, -0.2) is 4.98 Å². The Hall–Kier alpha value is -2.93. The molecular formula is C31H42N4O3. The molecule has 0 bridgehead atoms. The van der Waals surface area contributed by atoms with Crippen LogP contribution in [0.4, 0.5) is 5.82 Å². The van der Waals surface area contributed by atoms with Crippen molar-refractivity contribution in [2.24, 2.45) is 5.92 Å². The summed E-state index contributed by atoms with van der Waals surface area (Å²) in [5.74, 6) is 0.584. The van der Waals surface area contributed by atoms with E-state index in [1.807, 2.05) is 12.1 Å². The number of hydrogen-bond donors (Lipinski definition) is 3. The summed E-state index contributed by atoms with van der Waals surface area (Å²) in [5, 5.41) is 16.1. The topological polar surface area (TPSA) is 94.6 Å². The quantitative estimate of drug-likeness (QED) is 0.406. The third-order valence-corrected chi connectivity index (χ3v) is 8.57. The molecule has 3 N–H and O–H groups in total. The van der Waals surface area contributed by atoms with Crippen LogP contribution in [0, 0.1) is 5.92 Å². The average molecular weight is 519 g/mol. The molecule has 2 aliphatic heterocycles. The number of fused-ring (bicyclic) bond motifs is 1. The maximum absolute atomic E-state index is 13.3. The first kappa shape index (κ1) is 26.7. The molecule has 1 aromatic heterocycles. The first-order valence-electron chi connectivity index (χ1n) is 14.6. The molecule has 1 saturated heterocycles. The lowest BCUT2D eigenvalue weighted by Crippen LogP contribution is -2.44. The predicted molar refractivity (Wildman–Crippen MR) is 149 cm³/mol. The molecule has 5 rings (SSSR count). The average Bonchev–Trinajstić information content (AvgIpc) is 3.48. The Bertz CT molecular complexity index is 1110. The summed E-state index contributed by atoms with van der Waals surface area (Å²) in [5.41, 5.74) is 4.62. The van der Waals surface area contributed by atoms with Gasteiger partial charge in [-0.15, -0.1) is 0 Å². The number of nitrogens with one attached hydrogen (secondary N) is 2. The molecular weight excluding hydrogens is 476 g/mol. The third kappa shape index (κ3) is 6.93. The first-order valence-corrected chi connectivity index (χ1v) is 14.6. The van der Waals surface area contributed by atoms with Crippen molar-refractivity contribution in [3.05, 3.63) is 58.8 Å². The van der Waals surface area contributed by atoms with Crippen LogP contribution in [-0.2, 0) is 22.4 Å². The minimum atomic E-state index is -0.891. The maximum atomic E-state index is 13.3. The van der Waals surface area contributed by atoms with E-state index in [1.54, 1.807) is 0 Å². The zero-order valence-electron chi connectivity index (χ0n) is 22.5. The fourth-order valence-electron chi connectivity index (χ4n) is 6.47. The monoisotopic (exact) mass is 518 g/mol. The van der Waals surface area contributed by atoms with E-state index in [0.717, 1.165) is 75.4 Å². The number of carbonyl (C=O) groups is 2. The van der Waals surface area contributed by atoms with Gasteiger partial charge in [-0.3, -0.25) is 9.59 Å². The molecule has 1 unspecified atom stereocenters. The largest absolute Gasteiger partial charge is 0.481 e. The molecule has 1 aliphatic carbocycles. The lowest BCUT2D eigenvalue weighted by Gasteiger charge is -2.33. The highest BCUT2D eigenvalue weighted by Gasteiger charge is 2.29. The van der Waals surface area contributed by atoms with Gasteiger partial charge >= 0.3 is 5.97 Å². The summed E-state index contributed by atoms with van der Waals surface area (Å²) in [6.45, 7) is 3.68. The zero-order valence-corrected chi connectivity index (χ0v) is 22.5. The standard InChI is InChI=1S/C31H42N4O3/c36-29(37)20-28(25-10-3-9-24(19-25)22-7-1-2-8-22)34-31(38)26-12-5-17-35(21-26)18-6-13-27-15-14-23-11-4-16-32-30(23)33-27/h3,9-10,14-15,19,22,26,28H,1-2,4-8,11-13,16-18,20-21H2,(H,32,33)(H,34,38)(H,36,37)/t26-,28?/m1/s1. The van der Waals surface area contributed by atoms with Crippen LogP contribution in [0.3, 0.4) is 0 Å². The molecule has 7 nitrogen and oxygen atoms in total. The normalized spacial score (nSPS) is 20.9. The molecule has 3 aliphatic rings. The van der Waals surface area contributed by atoms with Crippen LogP contribution in [0.5, 0.6) is 0 Å². The van der Waals surface area contributed by atoms with E-state index in [0.29, 0.717) is 5.92 Å². The van der Waals surface area contributed by atoms with E-state index < -0.39 is 12.0 Å². The highest BCUT2D eigenvalue weighted by atomic mass is 16.4. The van der Waals surface area contributed by atoms with Gasteiger partial charge in [0, 0.05) is 18.8 Å². The summed E-state index contributed by atoms with van der Waals surface area (Å²) in [6.07, 6.45) is 10.8. The number of aromatic nitrogens is 1. The van der Waals surface area contributed by atoms with E-state index in [4.69, 9.17) is 4.98 Å². The molecule has 2 aromatic rings. The van der Waals surface area contributed by atoms with Crippen molar-refractivity contribution in [2.75, 3.05) is 31.5 Å². The lowest BCUT2D eigenvalue weighted by atomic mass is 9.92. The Balaban J connectivity index is 1.15. The number of carbonyl (C=O) groups excluding carboxylic acids is 1. The van der Waals surface area contributed by atoms with Crippen LogP contribution in [-0.4, -0.2) is 53.0 Å². The van der Waals surface area contributed by atoms with Gasteiger partial charge in [0.2, 0.25) is 5.91 Å².